The van der Waals surface area contributed by atoms with Crippen molar-refractivity contribution in [3.05, 3.63) is 70.8 Å². The fourth-order valence-corrected chi connectivity index (χ4v) is 5.15. The van der Waals surface area contributed by atoms with E-state index in [1.54, 1.807) is 0 Å². The van der Waals surface area contributed by atoms with Gasteiger partial charge in [0.15, 0.2) is 0 Å². The summed E-state index contributed by atoms with van der Waals surface area (Å²) < 4.78 is 0. The number of aryl methyl sites for hydroxylation is 1. The number of nitrogens with one attached hydrogen (secondary N) is 1. The van der Waals surface area contributed by atoms with Crippen molar-refractivity contribution >= 4 is 6.29 Å². The Morgan fingerprint density at radius 3 is 2.86 bits per heavy atom. The van der Waals surface area contributed by atoms with Crippen LogP contribution in [-0.4, -0.2) is 30.8 Å². The lowest BCUT2D eigenvalue weighted by molar-refractivity contribution is -0.108. The quantitative estimate of drug-likeness (QED) is 0.549. The second-order valence-electron chi connectivity index (χ2n) is 8.78. The number of carbonyl (C=O) groups is 1. The molecule has 1 N–H and O–H groups in total. The molecule has 3 nitrogen and oxygen atoms in total. The van der Waals surface area contributed by atoms with Gasteiger partial charge in [-0.2, -0.15) is 0 Å². The van der Waals surface area contributed by atoms with Gasteiger partial charge in [0.05, 0.1) is 0 Å². The van der Waals surface area contributed by atoms with Gasteiger partial charge in [-0.1, -0.05) is 48.5 Å². The number of likely N-dealkylation sites (tertiary alicyclic amines) is 1. The zero-order valence-corrected chi connectivity index (χ0v) is 17.5. The second-order valence-corrected chi connectivity index (χ2v) is 8.78. The Morgan fingerprint density at radius 1 is 1.10 bits per heavy atom. The molecule has 29 heavy (non-hydrogen) atoms. The van der Waals surface area contributed by atoms with Gasteiger partial charge in [-0.05, 0) is 79.3 Å². The van der Waals surface area contributed by atoms with E-state index in [1.165, 1.54) is 41.5 Å². The fraction of sp³-hybridized carbons (Fsp3) is 0.500. The summed E-state index contributed by atoms with van der Waals surface area (Å²) in [5.41, 5.74) is 5.91. The molecule has 2 aromatic carbocycles. The molecule has 0 aliphatic carbocycles. The Labute approximate surface area is 175 Å². The van der Waals surface area contributed by atoms with Crippen molar-refractivity contribution in [1.82, 2.24) is 10.2 Å². The van der Waals surface area contributed by atoms with Crippen LogP contribution in [0.1, 0.15) is 60.3 Å². The van der Waals surface area contributed by atoms with Gasteiger partial charge < -0.3 is 10.1 Å². The zero-order chi connectivity index (χ0) is 19.9. The molecule has 2 atom stereocenters. The number of carbonyl (C=O) groups excluding carboxylic acids is 1. The molecule has 154 valence electrons. The van der Waals surface area contributed by atoms with Crippen molar-refractivity contribution in [1.29, 1.82) is 0 Å². The first-order valence-electron chi connectivity index (χ1n) is 11.4. The Morgan fingerprint density at radius 2 is 2.00 bits per heavy atom. The zero-order valence-electron chi connectivity index (χ0n) is 17.5. The minimum atomic E-state index is 0.563. The summed E-state index contributed by atoms with van der Waals surface area (Å²) in [5, 5.41) is 3.58. The predicted molar refractivity (Wildman–Crippen MR) is 119 cm³/mol. The molecular formula is C26H34N2O. The number of rotatable bonds is 7. The molecule has 2 heterocycles. The minimum absolute atomic E-state index is 0.563. The number of benzene rings is 2. The van der Waals surface area contributed by atoms with Crippen LogP contribution in [0.25, 0.3) is 0 Å². The van der Waals surface area contributed by atoms with Crippen LogP contribution in [0.2, 0.25) is 0 Å². The van der Waals surface area contributed by atoms with Gasteiger partial charge >= 0.3 is 0 Å². The lowest BCUT2D eigenvalue weighted by Gasteiger charge is -2.39. The van der Waals surface area contributed by atoms with Crippen LogP contribution in [-0.2, 0) is 24.3 Å². The molecule has 0 saturated carbocycles. The number of fused-ring (bicyclic) bond motifs is 1. The normalized spacial score (nSPS) is 22.6. The Hall–Kier alpha value is -1.97. The van der Waals surface area contributed by atoms with Gasteiger partial charge in [-0.3, -0.25) is 4.90 Å². The first kappa shape index (κ1) is 20.3. The average molecular weight is 391 g/mol. The predicted octanol–water partition coefficient (Wildman–Crippen LogP) is 4.70. The lowest BCUT2D eigenvalue weighted by atomic mass is 9.77. The first-order valence-corrected chi connectivity index (χ1v) is 11.4. The maximum atomic E-state index is 10.8. The van der Waals surface area contributed by atoms with Crippen LogP contribution in [0.15, 0.2) is 48.5 Å². The molecule has 0 bridgehead atoms. The van der Waals surface area contributed by atoms with E-state index in [2.05, 4.69) is 58.7 Å². The van der Waals surface area contributed by atoms with Crippen LogP contribution in [0.5, 0.6) is 0 Å². The van der Waals surface area contributed by atoms with Gasteiger partial charge in [-0.25, -0.2) is 0 Å². The third kappa shape index (κ3) is 5.34. The van der Waals surface area contributed by atoms with Crippen LogP contribution in [0.4, 0.5) is 0 Å². The summed E-state index contributed by atoms with van der Waals surface area (Å²) in [5.74, 6) is 1.24. The van der Waals surface area contributed by atoms with E-state index < -0.39 is 0 Å². The summed E-state index contributed by atoms with van der Waals surface area (Å²) in [4.78, 5) is 13.5. The fourth-order valence-electron chi connectivity index (χ4n) is 5.15. The maximum absolute atomic E-state index is 10.8. The molecule has 1 fully saturated rings. The molecule has 2 unspecified atom stereocenters. The molecule has 2 aromatic rings. The van der Waals surface area contributed by atoms with E-state index in [1.807, 2.05) is 0 Å². The number of hydrogen-bond acceptors (Lipinski definition) is 3. The highest BCUT2D eigenvalue weighted by molar-refractivity contribution is 5.49. The number of unbranched alkanes of at least 4 members (excludes halogenated alkanes) is 1. The Bertz CT molecular complexity index is 789. The summed E-state index contributed by atoms with van der Waals surface area (Å²) in [6.07, 6.45) is 7.61. The Balaban J connectivity index is 1.53. The van der Waals surface area contributed by atoms with E-state index in [9.17, 15) is 4.79 Å². The largest absolute Gasteiger partial charge is 0.313 e. The van der Waals surface area contributed by atoms with Gasteiger partial charge in [0.25, 0.3) is 0 Å². The minimum Gasteiger partial charge on any atom is -0.313 e. The van der Waals surface area contributed by atoms with Crippen LogP contribution >= 0.6 is 0 Å². The van der Waals surface area contributed by atoms with Crippen molar-refractivity contribution in [3.8, 4) is 0 Å². The van der Waals surface area contributed by atoms with Crippen molar-refractivity contribution in [2.75, 3.05) is 19.6 Å². The number of hydrogen-bond donors (Lipinski definition) is 1. The van der Waals surface area contributed by atoms with Crippen molar-refractivity contribution < 1.29 is 4.79 Å². The monoisotopic (exact) mass is 390 g/mol. The third-order valence-electron chi connectivity index (χ3n) is 6.76. The molecule has 0 amide bonds. The molecule has 2 aliphatic rings. The molecule has 1 saturated heterocycles. The van der Waals surface area contributed by atoms with Gasteiger partial charge in [0.1, 0.15) is 6.29 Å². The van der Waals surface area contributed by atoms with Crippen LogP contribution in [0, 0.1) is 5.92 Å². The number of aldehydes is 1. The maximum Gasteiger partial charge on any atom is 0.119 e. The van der Waals surface area contributed by atoms with E-state index in [0.29, 0.717) is 18.3 Å². The van der Waals surface area contributed by atoms with Gasteiger partial charge in [-0.15, -0.1) is 0 Å². The van der Waals surface area contributed by atoms with Gasteiger partial charge in [0.2, 0.25) is 0 Å². The highest BCUT2D eigenvalue weighted by Crippen LogP contribution is 2.37. The highest BCUT2D eigenvalue weighted by Gasteiger charge is 2.30. The second kappa shape index (κ2) is 10.2. The molecule has 3 heteroatoms. The molecule has 2 aliphatic heterocycles. The SMILES string of the molecule is O=CCCCC1CCN(Cc2ccccc2)CC1c1ccc2c(c1)CNCCC2. The molecular weight excluding hydrogens is 356 g/mol. The van der Waals surface area contributed by atoms with Crippen molar-refractivity contribution in [3.63, 3.8) is 0 Å². The molecule has 0 aromatic heterocycles. The smallest absolute Gasteiger partial charge is 0.119 e. The average Bonchev–Trinajstić information content (AvgIpc) is 3.00. The summed E-state index contributed by atoms with van der Waals surface area (Å²) in [6, 6.07) is 18.1. The van der Waals surface area contributed by atoms with Crippen LogP contribution < -0.4 is 5.32 Å². The standard InChI is InChI=1S/C26H34N2O/c29-16-5-4-9-23-13-15-28(19-21-7-2-1-3-8-21)20-26(23)24-12-11-22-10-6-14-27-18-25(22)17-24/h1-3,7-8,11-12,16-17,23,26-27H,4-6,9-10,13-15,18-20H2. The van der Waals surface area contributed by atoms with Gasteiger partial charge in [0, 0.05) is 26.1 Å². The third-order valence-corrected chi connectivity index (χ3v) is 6.76. The summed E-state index contributed by atoms with van der Waals surface area (Å²) in [6.45, 7) is 5.42. The number of nitrogens with zero attached hydrogens (tertiary/aromatic N) is 1. The van der Waals surface area contributed by atoms with Crippen molar-refractivity contribution in [2.45, 2.75) is 57.5 Å². The Kier molecular flexibility index (Phi) is 7.13. The van der Waals surface area contributed by atoms with E-state index >= 15 is 0 Å². The van der Waals surface area contributed by atoms with Crippen LogP contribution in [0.3, 0.4) is 0 Å². The first-order chi connectivity index (χ1) is 14.3. The molecule has 0 radical (unpaired) electrons. The molecule has 0 spiro atoms. The van der Waals surface area contributed by atoms with Crippen molar-refractivity contribution in [2.24, 2.45) is 5.92 Å². The lowest BCUT2D eigenvalue weighted by Crippen LogP contribution is -2.39. The van der Waals surface area contributed by atoms with E-state index in [4.69, 9.17) is 0 Å². The summed E-state index contributed by atoms with van der Waals surface area (Å²) >= 11 is 0. The number of piperidine rings is 1. The van der Waals surface area contributed by atoms with E-state index in [0.717, 1.165) is 51.9 Å². The highest BCUT2D eigenvalue weighted by atomic mass is 16.1. The molecule has 4 rings (SSSR count). The van der Waals surface area contributed by atoms with E-state index in [-0.39, 0.29) is 0 Å². The summed E-state index contributed by atoms with van der Waals surface area (Å²) in [7, 11) is 0. The topological polar surface area (TPSA) is 32.3 Å².